The van der Waals surface area contributed by atoms with E-state index >= 15 is 0 Å². The van der Waals surface area contributed by atoms with Crippen molar-refractivity contribution in [3.63, 3.8) is 0 Å². The van der Waals surface area contributed by atoms with Crippen LogP contribution in [0.15, 0.2) is 16.6 Å². The molecule has 1 N–H and O–H groups in total. The first-order valence-electron chi connectivity index (χ1n) is 10.9. The van der Waals surface area contributed by atoms with Crippen LogP contribution in [-0.4, -0.2) is 64.1 Å². The third-order valence-corrected chi connectivity index (χ3v) is 7.51. The third-order valence-electron chi connectivity index (χ3n) is 5.49. The number of piperazine rings is 1. The number of halogens is 1. The topological polar surface area (TPSA) is 70.5 Å². The lowest BCUT2D eigenvalue weighted by Crippen LogP contribution is -2.48. The van der Waals surface area contributed by atoms with Crippen molar-refractivity contribution in [1.29, 1.82) is 0 Å². The molecule has 9 heteroatoms. The third kappa shape index (κ3) is 5.96. The summed E-state index contributed by atoms with van der Waals surface area (Å²) in [7, 11) is 0. The van der Waals surface area contributed by atoms with Gasteiger partial charge in [-0.15, -0.1) is 11.3 Å². The average molecular weight is 511 g/mol. The molecule has 0 radical (unpaired) electrons. The van der Waals surface area contributed by atoms with Gasteiger partial charge in [0.25, 0.3) is 11.8 Å². The summed E-state index contributed by atoms with van der Waals surface area (Å²) >= 11 is 5.08. The number of nitrogens with zero attached hydrogens (tertiary/aromatic N) is 4. The Morgan fingerprint density at radius 3 is 2.58 bits per heavy atom. The fraction of sp³-hybridized carbons (Fsp3) is 0.591. The Morgan fingerprint density at radius 2 is 1.94 bits per heavy atom. The van der Waals surface area contributed by atoms with Crippen LogP contribution >= 0.6 is 27.3 Å². The standard InChI is InChI=1S/C22H32BrN5O2S/c1-5-28-20(19(23)16(4)25-28)22(30)27-12-10-26(11-13-27)14-17-6-7-18(31-17)21(29)24-9-8-15(2)3/h6-7,15H,5,8-14H2,1-4H3,(H,24,29). The van der Waals surface area contributed by atoms with Crippen LogP contribution in [0, 0.1) is 12.8 Å². The second kappa shape index (κ2) is 10.7. The van der Waals surface area contributed by atoms with Gasteiger partial charge in [-0.05, 0) is 54.2 Å². The van der Waals surface area contributed by atoms with E-state index in [2.05, 4.69) is 45.1 Å². The van der Waals surface area contributed by atoms with Crippen molar-refractivity contribution in [1.82, 2.24) is 24.9 Å². The van der Waals surface area contributed by atoms with Crippen molar-refractivity contribution in [2.75, 3.05) is 32.7 Å². The molecule has 0 spiro atoms. The number of carbonyl (C=O) groups excluding carboxylic acids is 2. The van der Waals surface area contributed by atoms with Crippen LogP contribution in [0.25, 0.3) is 0 Å². The minimum absolute atomic E-state index is 0.0146. The van der Waals surface area contributed by atoms with Crippen LogP contribution in [0.2, 0.25) is 0 Å². The van der Waals surface area contributed by atoms with E-state index in [0.29, 0.717) is 37.8 Å². The molecule has 0 bridgehead atoms. The number of aromatic nitrogens is 2. The maximum Gasteiger partial charge on any atom is 0.273 e. The summed E-state index contributed by atoms with van der Waals surface area (Å²) in [6, 6.07) is 3.95. The molecule has 1 aliphatic rings. The maximum atomic E-state index is 13.1. The molecule has 2 amide bonds. The van der Waals surface area contributed by atoms with Crippen molar-refractivity contribution in [2.45, 2.75) is 47.2 Å². The first-order chi connectivity index (χ1) is 14.8. The smallest absolute Gasteiger partial charge is 0.273 e. The molecular formula is C22H32BrN5O2S. The zero-order chi connectivity index (χ0) is 22.5. The summed E-state index contributed by atoms with van der Waals surface area (Å²) in [5, 5.41) is 7.44. The quantitative estimate of drug-likeness (QED) is 0.587. The molecule has 3 heterocycles. The predicted octanol–water partition coefficient (Wildman–Crippen LogP) is 3.77. The van der Waals surface area contributed by atoms with E-state index in [1.165, 1.54) is 4.88 Å². The lowest BCUT2D eigenvalue weighted by atomic mass is 10.1. The lowest BCUT2D eigenvalue weighted by molar-refractivity contribution is 0.0616. The summed E-state index contributed by atoms with van der Waals surface area (Å²) in [5.41, 5.74) is 1.48. The molecule has 0 aromatic carbocycles. The Balaban J connectivity index is 1.51. The van der Waals surface area contributed by atoms with Gasteiger partial charge in [0.05, 0.1) is 15.0 Å². The Hall–Kier alpha value is -1.71. The minimum Gasteiger partial charge on any atom is -0.351 e. The van der Waals surface area contributed by atoms with E-state index in [4.69, 9.17) is 0 Å². The molecule has 1 aliphatic heterocycles. The number of amides is 2. The Labute approximate surface area is 196 Å². The van der Waals surface area contributed by atoms with Crippen molar-refractivity contribution < 1.29 is 9.59 Å². The molecule has 0 atom stereocenters. The van der Waals surface area contributed by atoms with Crippen molar-refractivity contribution in [2.24, 2.45) is 5.92 Å². The minimum atomic E-state index is 0.0146. The average Bonchev–Trinajstić information content (AvgIpc) is 3.32. The van der Waals surface area contributed by atoms with Gasteiger partial charge < -0.3 is 10.2 Å². The molecule has 170 valence electrons. The number of thiophene rings is 1. The maximum absolute atomic E-state index is 13.1. The van der Waals surface area contributed by atoms with E-state index in [1.54, 1.807) is 16.0 Å². The number of rotatable bonds is 8. The highest BCUT2D eigenvalue weighted by Crippen LogP contribution is 2.24. The second-order valence-electron chi connectivity index (χ2n) is 8.34. The zero-order valence-corrected chi connectivity index (χ0v) is 21.2. The monoisotopic (exact) mass is 509 g/mol. The fourth-order valence-electron chi connectivity index (χ4n) is 3.62. The zero-order valence-electron chi connectivity index (χ0n) is 18.8. The van der Waals surface area contributed by atoms with E-state index in [0.717, 1.165) is 41.1 Å². The van der Waals surface area contributed by atoms with Gasteiger partial charge in [0.1, 0.15) is 5.69 Å². The summed E-state index contributed by atoms with van der Waals surface area (Å²) in [6.07, 6.45) is 0.988. The normalized spacial score (nSPS) is 15.0. The van der Waals surface area contributed by atoms with E-state index in [9.17, 15) is 9.59 Å². The van der Waals surface area contributed by atoms with Gasteiger partial charge in [-0.2, -0.15) is 5.10 Å². The predicted molar refractivity (Wildman–Crippen MR) is 128 cm³/mol. The first kappa shape index (κ1) is 23.9. The lowest BCUT2D eigenvalue weighted by Gasteiger charge is -2.34. The Kier molecular flexibility index (Phi) is 8.30. The molecule has 2 aromatic heterocycles. The number of aryl methyl sites for hydroxylation is 2. The van der Waals surface area contributed by atoms with E-state index < -0.39 is 0 Å². The van der Waals surface area contributed by atoms with Crippen molar-refractivity contribution in [3.8, 4) is 0 Å². The Morgan fingerprint density at radius 1 is 1.23 bits per heavy atom. The number of carbonyl (C=O) groups is 2. The van der Waals surface area contributed by atoms with Crippen LogP contribution in [0.4, 0.5) is 0 Å². The van der Waals surface area contributed by atoms with Gasteiger partial charge in [-0.3, -0.25) is 19.2 Å². The van der Waals surface area contributed by atoms with Gasteiger partial charge >= 0.3 is 0 Å². The van der Waals surface area contributed by atoms with Gasteiger partial charge in [0.15, 0.2) is 0 Å². The number of nitrogens with one attached hydrogen (secondary N) is 1. The largest absolute Gasteiger partial charge is 0.351 e. The van der Waals surface area contributed by atoms with Crippen LogP contribution in [0.5, 0.6) is 0 Å². The number of hydrogen-bond acceptors (Lipinski definition) is 5. The first-order valence-corrected chi connectivity index (χ1v) is 12.5. The summed E-state index contributed by atoms with van der Waals surface area (Å²) in [5.74, 6) is 0.628. The number of hydrogen-bond donors (Lipinski definition) is 1. The van der Waals surface area contributed by atoms with Gasteiger partial charge in [0, 0.05) is 50.7 Å². The molecule has 2 aromatic rings. The SMILES string of the molecule is CCn1nc(C)c(Br)c1C(=O)N1CCN(Cc2ccc(C(=O)NCCC(C)C)s2)CC1. The molecule has 0 aliphatic carbocycles. The van der Waals surface area contributed by atoms with Crippen LogP contribution < -0.4 is 5.32 Å². The molecule has 0 unspecified atom stereocenters. The summed E-state index contributed by atoms with van der Waals surface area (Å²) < 4.78 is 2.56. The highest BCUT2D eigenvalue weighted by atomic mass is 79.9. The highest BCUT2D eigenvalue weighted by Gasteiger charge is 2.27. The van der Waals surface area contributed by atoms with E-state index in [-0.39, 0.29) is 11.8 Å². The van der Waals surface area contributed by atoms with Crippen molar-refractivity contribution in [3.05, 3.63) is 37.7 Å². The molecule has 3 rings (SSSR count). The fourth-order valence-corrected chi connectivity index (χ4v) is 5.04. The second-order valence-corrected chi connectivity index (χ2v) is 10.3. The van der Waals surface area contributed by atoms with Crippen LogP contribution in [0.1, 0.15) is 57.9 Å². The van der Waals surface area contributed by atoms with Crippen LogP contribution in [0.3, 0.4) is 0 Å². The summed E-state index contributed by atoms with van der Waals surface area (Å²) in [4.78, 5) is 31.5. The molecule has 31 heavy (non-hydrogen) atoms. The van der Waals surface area contributed by atoms with Gasteiger partial charge in [0.2, 0.25) is 0 Å². The van der Waals surface area contributed by atoms with E-state index in [1.807, 2.05) is 30.9 Å². The summed E-state index contributed by atoms with van der Waals surface area (Å²) in [6.45, 7) is 13.4. The Bertz CT molecular complexity index is 915. The molecule has 1 saturated heterocycles. The highest BCUT2D eigenvalue weighted by molar-refractivity contribution is 9.10. The molecule has 0 saturated carbocycles. The van der Waals surface area contributed by atoms with Crippen LogP contribution in [-0.2, 0) is 13.1 Å². The van der Waals surface area contributed by atoms with Gasteiger partial charge in [-0.25, -0.2) is 0 Å². The molecule has 7 nitrogen and oxygen atoms in total. The van der Waals surface area contributed by atoms with Crippen molar-refractivity contribution >= 4 is 39.1 Å². The van der Waals surface area contributed by atoms with Gasteiger partial charge in [-0.1, -0.05) is 13.8 Å². The molecular weight excluding hydrogens is 478 g/mol. The molecule has 1 fully saturated rings.